The minimum Gasteiger partial charge on any atom is -0.481 e. The molecule has 0 aromatic carbocycles. The number of thioether (sulfide) groups is 1. The Morgan fingerprint density at radius 1 is 1.21 bits per heavy atom. The highest BCUT2D eigenvalue weighted by Crippen LogP contribution is 2.44. The van der Waals surface area contributed by atoms with Crippen LogP contribution in [0.15, 0.2) is 12.2 Å². The first kappa shape index (κ1) is 26.1. The molecule has 1 N–H and O–H groups in total. The van der Waals surface area contributed by atoms with Gasteiger partial charge < -0.3 is 14.6 Å². The van der Waals surface area contributed by atoms with Gasteiger partial charge in [0.1, 0.15) is 0 Å². The third kappa shape index (κ3) is 9.61. The van der Waals surface area contributed by atoms with E-state index in [1.165, 1.54) is 32.9 Å². The molecule has 0 heterocycles. The van der Waals surface area contributed by atoms with Crippen molar-refractivity contribution in [2.45, 2.75) is 63.1 Å². The number of carbonyl (C=O) groups is 2. The van der Waals surface area contributed by atoms with Gasteiger partial charge in [0.2, 0.25) is 0 Å². The Bertz CT molecular complexity index is 657. The first-order valence-electron chi connectivity index (χ1n) is 9.56. The molecule has 1 aliphatic rings. The van der Waals surface area contributed by atoms with Gasteiger partial charge in [-0.05, 0) is 38.0 Å². The zero-order valence-corrected chi connectivity index (χ0v) is 19.0. The Morgan fingerprint density at radius 3 is 2.38 bits per heavy atom. The lowest BCUT2D eigenvalue weighted by Gasteiger charge is -2.44. The van der Waals surface area contributed by atoms with E-state index in [-0.39, 0.29) is 28.6 Å². The molecule has 1 rings (SSSR count). The average Bonchev–Trinajstić information content (AvgIpc) is 2.60. The van der Waals surface area contributed by atoms with Crippen LogP contribution in [-0.4, -0.2) is 62.7 Å². The second kappa shape index (κ2) is 12.7. The van der Waals surface area contributed by atoms with E-state index in [0.717, 1.165) is 6.26 Å². The van der Waals surface area contributed by atoms with Crippen LogP contribution in [0, 0.1) is 11.8 Å². The molecule has 10 heteroatoms. The van der Waals surface area contributed by atoms with Crippen LogP contribution in [0.4, 0.5) is 0 Å². The summed E-state index contributed by atoms with van der Waals surface area (Å²) in [5, 5.41) is 8.61. The molecular formula is C19H32O8S2. The molecule has 4 atom stereocenters. The number of methoxy groups -OCH3 is 2. The molecule has 0 amide bonds. The topological polar surface area (TPSA) is 116 Å². The lowest BCUT2D eigenvalue weighted by Crippen LogP contribution is -2.48. The third-order valence-electron chi connectivity index (χ3n) is 4.87. The molecule has 0 bridgehead atoms. The normalized spacial score (nSPS) is 25.6. The van der Waals surface area contributed by atoms with Crippen molar-refractivity contribution in [1.82, 2.24) is 0 Å². The maximum atomic E-state index is 11.8. The number of hydrogen-bond donors (Lipinski definition) is 1. The van der Waals surface area contributed by atoms with Crippen molar-refractivity contribution in [3.05, 3.63) is 12.2 Å². The molecule has 29 heavy (non-hydrogen) atoms. The molecule has 1 saturated carbocycles. The van der Waals surface area contributed by atoms with Gasteiger partial charge in [-0.15, -0.1) is 0 Å². The predicted octanol–water partition coefficient (Wildman–Crippen LogP) is 2.83. The van der Waals surface area contributed by atoms with Crippen molar-refractivity contribution in [3.8, 4) is 0 Å². The van der Waals surface area contributed by atoms with Gasteiger partial charge in [0.05, 0.1) is 12.4 Å². The van der Waals surface area contributed by atoms with Crippen molar-refractivity contribution in [1.29, 1.82) is 0 Å². The van der Waals surface area contributed by atoms with Gasteiger partial charge in [-0.25, -0.2) is 0 Å². The van der Waals surface area contributed by atoms with Crippen LogP contribution in [0.3, 0.4) is 0 Å². The fourth-order valence-electron chi connectivity index (χ4n) is 3.79. The molecule has 1 fully saturated rings. The van der Waals surface area contributed by atoms with Gasteiger partial charge in [0.25, 0.3) is 10.1 Å². The van der Waals surface area contributed by atoms with Crippen molar-refractivity contribution in [2.24, 2.45) is 11.8 Å². The summed E-state index contributed by atoms with van der Waals surface area (Å²) >= 11 is 1.22. The van der Waals surface area contributed by atoms with Crippen LogP contribution in [-0.2, 0) is 33.4 Å². The molecule has 1 aliphatic carbocycles. The quantitative estimate of drug-likeness (QED) is 0.206. The Morgan fingerprint density at radius 2 is 1.86 bits per heavy atom. The van der Waals surface area contributed by atoms with E-state index in [9.17, 15) is 18.0 Å². The smallest absolute Gasteiger partial charge is 0.303 e. The van der Waals surface area contributed by atoms with E-state index >= 15 is 0 Å². The number of carbonyl (C=O) groups excluding carboxylic acids is 1. The Kier molecular flexibility index (Phi) is 11.4. The number of hydrogen-bond acceptors (Lipinski definition) is 8. The van der Waals surface area contributed by atoms with E-state index < -0.39 is 28.5 Å². The average molecular weight is 453 g/mol. The maximum Gasteiger partial charge on any atom is 0.303 e. The summed E-state index contributed by atoms with van der Waals surface area (Å²) in [4.78, 5) is 22.4. The highest BCUT2D eigenvalue weighted by Gasteiger charge is 2.45. The fourth-order valence-corrected chi connectivity index (χ4v) is 5.65. The van der Waals surface area contributed by atoms with Gasteiger partial charge >= 0.3 is 5.97 Å². The largest absolute Gasteiger partial charge is 0.481 e. The van der Waals surface area contributed by atoms with Gasteiger partial charge in [-0.3, -0.25) is 13.8 Å². The summed E-state index contributed by atoms with van der Waals surface area (Å²) < 4.78 is 39.9. The SMILES string of the molecule is COC(OC)C1C(SC(C)=O)CCC(OS(C)(=O)=O)C1C/C=C\CCCC(=O)O. The lowest BCUT2D eigenvalue weighted by molar-refractivity contribution is -0.164. The summed E-state index contributed by atoms with van der Waals surface area (Å²) in [6, 6.07) is 0. The Hall–Kier alpha value is -0.940. The highest BCUT2D eigenvalue weighted by molar-refractivity contribution is 8.14. The lowest BCUT2D eigenvalue weighted by atomic mass is 9.74. The van der Waals surface area contributed by atoms with Crippen LogP contribution in [0.5, 0.6) is 0 Å². The second-order valence-electron chi connectivity index (χ2n) is 7.14. The molecule has 0 radical (unpaired) electrons. The summed E-state index contributed by atoms with van der Waals surface area (Å²) in [5.41, 5.74) is 0. The van der Waals surface area contributed by atoms with Crippen molar-refractivity contribution < 1.29 is 36.8 Å². The number of aliphatic carboxylic acids is 1. The summed E-state index contributed by atoms with van der Waals surface area (Å²) in [7, 11) is -0.619. The summed E-state index contributed by atoms with van der Waals surface area (Å²) in [6.45, 7) is 1.51. The predicted molar refractivity (Wildman–Crippen MR) is 111 cm³/mol. The monoisotopic (exact) mass is 452 g/mol. The molecule has 8 nitrogen and oxygen atoms in total. The van der Waals surface area contributed by atoms with Crippen molar-refractivity contribution in [3.63, 3.8) is 0 Å². The van der Waals surface area contributed by atoms with Crippen LogP contribution in [0.2, 0.25) is 0 Å². The van der Waals surface area contributed by atoms with Crippen LogP contribution >= 0.6 is 11.8 Å². The van der Waals surface area contributed by atoms with E-state index in [1.807, 2.05) is 12.2 Å². The number of unbranched alkanes of at least 4 members (excludes halogenated alkanes) is 1. The Balaban J connectivity index is 3.05. The minimum absolute atomic E-state index is 0.0172. The third-order valence-corrected chi connectivity index (χ3v) is 6.65. The van der Waals surface area contributed by atoms with Gasteiger partial charge in [-0.2, -0.15) is 8.42 Å². The molecule has 0 saturated heterocycles. The molecule has 168 valence electrons. The van der Waals surface area contributed by atoms with E-state index in [4.69, 9.17) is 18.8 Å². The maximum absolute atomic E-state index is 11.8. The minimum atomic E-state index is -3.65. The summed E-state index contributed by atoms with van der Waals surface area (Å²) in [6.07, 6.45) is 6.56. The fraction of sp³-hybridized carbons (Fsp3) is 0.789. The molecule has 0 aliphatic heterocycles. The van der Waals surface area contributed by atoms with Gasteiger partial charge in [-0.1, -0.05) is 23.9 Å². The zero-order chi connectivity index (χ0) is 22.0. The number of rotatable bonds is 12. The molecule has 0 spiro atoms. The molecule has 4 unspecified atom stereocenters. The first-order valence-corrected chi connectivity index (χ1v) is 12.3. The van der Waals surface area contributed by atoms with Crippen LogP contribution < -0.4 is 0 Å². The van der Waals surface area contributed by atoms with Crippen LogP contribution in [0.1, 0.15) is 45.4 Å². The number of ether oxygens (including phenoxy) is 2. The molecule has 0 aromatic heterocycles. The van der Waals surface area contributed by atoms with Crippen LogP contribution in [0.25, 0.3) is 0 Å². The number of carboxylic acids is 1. The van der Waals surface area contributed by atoms with Crippen molar-refractivity contribution in [2.75, 3.05) is 20.5 Å². The van der Waals surface area contributed by atoms with E-state index in [1.54, 1.807) is 0 Å². The van der Waals surface area contributed by atoms with E-state index in [2.05, 4.69) is 0 Å². The highest BCUT2D eigenvalue weighted by atomic mass is 32.2. The summed E-state index contributed by atoms with van der Waals surface area (Å²) in [5.74, 6) is -1.32. The van der Waals surface area contributed by atoms with Crippen molar-refractivity contribution >= 4 is 33.0 Å². The standard InChI is InChI=1S/C19H32O8S2/c1-13(20)28-16-12-11-15(27-29(4,23)24)14(18(16)19(25-2)26-3)9-7-5-6-8-10-17(21)22/h5,7,14-16,18-19H,6,8-12H2,1-4H3,(H,21,22)/b7-5-. The Labute approximate surface area is 177 Å². The van der Waals surface area contributed by atoms with Gasteiger partial charge in [0.15, 0.2) is 11.4 Å². The first-order chi connectivity index (χ1) is 13.6. The second-order valence-corrected chi connectivity index (χ2v) is 10.2. The number of allylic oxidation sites excluding steroid dienone is 2. The number of carboxylic acid groups (broad SMARTS) is 1. The molecular weight excluding hydrogens is 420 g/mol. The molecule has 0 aromatic rings. The zero-order valence-electron chi connectivity index (χ0n) is 17.4. The van der Waals surface area contributed by atoms with E-state index in [0.29, 0.717) is 32.1 Å². The van der Waals surface area contributed by atoms with Gasteiger partial charge in [0, 0.05) is 38.7 Å².